The zero-order valence-electron chi connectivity index (χ0n) is 23.7. The Morgan fingerprint density at radius 1 is 1.03 bits per heavy atom. The summed E-state index contributed by atoms with van der Waals surface area (Å²) in [5.41, 5.74) is 2.67. The van der Waals surface area contributed by atoms with Crippen LogP contribution in [-0.4, -0.2) is 17.7 Å². The first kappa shape index (κ1) is 32.0. The van der Waals surface area contributed by atoms with Crippen molar-refractivity contribution in [3.8, 4) is 11.5 Å². The van der Waals surface area contributed by atoms with E-state index in [9.17, 15) is 18.0 Å². The van der Waals surface area contributed by atoms with E-state index in [0.717, 1.165) is 71.9 Å². The minimum atomic E-state index is -4.09. The molecule has 1 aromatic rings. The molecule has 212 valence electrons. The molecule has 1 aromatic carbocycles. The lowest BCUT2D eigenvalue weighted by Crippen LogP contribution is -2.37. The summed E-state index contributed by atoms with van der Waals surface area (Å²) in [4.78, 5) is 11.6. The lowest BCUT2D eigenvalue weighted by atomic mass is 9.84. The maximum atomic E-state index is 13.4. The Bertz CT molecular complexity index is 913. The zero-order chi connectivity index (χ0) is 28.0. The van der Waals surface area contributed by atoms with E-state index in [1.165, 1.54) is 6.92 Å². The highest BCUT2D eigenvalue weighted by atomic mass is 79.9. The molecule has 2 rings (SSSR count). The predicted octanol–water partition coefficient (Wildman–Crippen LogP) is 10.1. The third kappa shape index (κ3) is 9.47. The van der Waals surface area contributed by atoms with Crippen LogP contribution in [0.2, 0.25) is 0 Å². The molecule has 3 atom stereocenters. The van der Waals surface area contributed by atoms with Gasteiger partial charge in [-0.25, -0.2) is 0 Å². The van der Waals surface area contributed by atoms with Gasteiger partial charge in [-0.3, -0.25) is 4.79 Å². The summed E-state index contributed by atoms with van der Waals surface area (Å²) in [5.74, 6) is 0.771. The Labute approximate surface area is 230 Å². The van der Waals surface area contributed by atoms with E-state index in [4.69, 9.17) is 9.47 Å². The summed E-state index contributed by atoms with van der Waals surface area (Å²) < 4.78 is 53.1. The normalized spacial score (nSPS) is 19.4. The number of esters is 1. The molecule has 0 saturated carbocycles. The Morgan fingerprint density at radius 2 is 1.62 bits per heavy atom. The second-order valence-electron chi connectivity index (χ2n) is 11.8. The summed E-state index contributed by atoms with van der Waals surface area (Å²) in [6.07, 6.45) is 3.98. The molecule has 0 spiro atoms. The van der Waals surface area contributed by atoms with E-state index < -0.39 is 12.1 Å². The van der Waals surface area contributed by atoms with E-state index in [-0.39, 0.29) is 24.4 Å². The third-order valence-corrected chi connectivity index (χ3v) is 8.84. The predicted molar refractivity (Wildman–Crippen MR) is 147 cm³/mol. The number of carbonyl (C=O) groups excluding carboxylic acids is 1. The van der Waals surface area contributed by atoms with Crippen LogP contribution in [0, 0.1) is 31.6 Å². The molecule has 0 bridgehead atoms. The highest BCUT2D eigenvalue weighted by Crippen LogP contribution is 2.47. The fourth-order valence-electron chi connectivity index (χ4n) is 5.46. The van der Waals surface area contributed by atoms with Crippen molar-refractivity contribution in [2.75, 3.05) is 0 Å². The van der Waals surface area contributed by atoms with E-state index >= 15 is 0 Å². The van der Waals surface area contributed by atoms with Crippen molar-refractivity contribution in [2.45, 2.75) is 131 Å². The molecular weight excluding hydrogens is 545 g/mol. The summed E-state index contributed by atoms with van der Waals surface area (Å²) in [6.45, 7) is 13.8. The average Bonchev–Trinajstić information content (AvgIpc) is 2.78. The lowest BCUT2D eigenvalue weighted by Gasteiger charge is -2.38. The van der Waals surface area contributed by atoms with Crippen LogP contribution in [-0.2, 0) is 11.2 Å². The minimum absolute atomic E-state index is 0.242. The summed E-state index contributed by atoms with van der Waals surface area (Å²) in [7, 11) is 0. The Kier molecular flexibility index (Phi) is 11.8. The van der Waals surface area contributed by atoms with Crippen LogP contribution < -0.4 is 9.47 Å². The van der Waals surface area contributed by atoms with Crippen LogP contribution in [0.1, 0.15) is 116 Å². The number of hydrogen-bond donors (Lipinski definition) is 0. The van der Waals surface area contributed by atoms with Crippen molar-refractivity contribution in [2.24, 2.45) is 17.8 Å². The van der Waals surface area contributed by atoms with Crippen molar-refractivity contribution in [1.82, 2.24) is 0 Å². The fourth-order valence-corrected chi connectivity index (χ4v) is 6.02. The van der Waals surface area contributed by atoms with Gasteiger partial charge < -0.3 is 9.47 Å². The molecule has 3 nitrogen and oxygen atoms in total. The summed E-state index contributed by atoms with van der Waals surface area (Å²) >= 11 is 3.59. The van der Waals surface area contributed by atoms with E-state index in [1.807, 2.05) is 13.8 Å². The van der Waals surface area contributed by atoms with Crippen molar-refractivity contribution in [3.05, 3.63) is 21.2 Å². The van der Waals surface area contributed by atoms with Crippen LogP contribution in [0.25, 0.3) is 0 Å². The smallest absolute Gasteiger partial charge is 0.391 e. The van der Waals surface area contributed by atoms with Gasteiger partial charge in [0.1, 0.15) is 17.1 Å². The van der Waals surface area contributed by atoms with Crippen LogP contribution >= 0.6 is 15.9 Å². The molecule has 0 N–H and O–H groups in total. The van der Waals surface area contributed by atoms with Crippen LogP contribution in [0.15, 0.2) is 4.47 Å². The van der Waals surface area contributed by atoms with Crippen molar-refractivity contribution >= 4 is 21.9 Å². The molecule has 7 heteroatoms. The van der Waals surface area contributed by atoms with Gasteiger partial charge in [0, 0.05) is 18.1 Å². The molecule has 0 fully saturated rings. The minimum Gasteiger partial charge on any atom is -0.487 e. The van der Waals surface area contributed by atoms with Gasteiger partial charge >= 0.3 is 12.1 Å². The number of rotatable bonds is 13. The number of benzene rings is 1. The summed E-state index contributed by atoms with van der Waals surface area (Å²) in [6, 6.07) is 0. The number of carbonyl (C=O) groups is 1. The van der Waals surface area contributed by atoms with Crippen molar-refractivity contribution in [1.29, 1.82) is 0 Å². The van der Waals surface area contributed by atoms with Gasteiger partial charge in [-0.1, -0.05) is 52.9 Å². The molecule has 37 heavy (non-hydrogen) atoms. The zero-order valence-corrected chi connectivity index (χ0v) is 25.3. The molecule has 1 aliphatic rings. The average molecular weight is 592 g/mol. The van der Waals surface area contributed by atoms with E-state index in [2.05, 4.69) is 43.6 Å². The molecule has 1 aliphatic heterocycles. The fraction of sp³-hybridized carbons (Fsp3) is 0.767. The highest BCUT2D eigenvalue weighted by Gasteiger charge is 2.38. The van der Waals surface area contributed by atoms with Crippen molar-refractivity contribution in [3.63, 3.8) is 0 Å². The second-order valence-corrected chi connectivity index (χ2v) is 12.6. The number of halogens is 4. The largest absolute Gasteiger partial charge is 0.487 e. The van der Waals surface area contributed by atoms with Gasteiger partial charge in [0.2, 0.25) is 0 Å². The number of alkyl halides is 3. The highest BCUT2D eigenvalue weighted by molar-refractivity contribution is 9.10. The molecule has 0 amide bonds. The molecule has 0 saturated heterocycles. The van der Waals surface area contributed by atoms with Gasteiger partial charge in [-0.2, -0.15) is 13.2 Å². The lowest BCUT2D eigenvalue weighted by molar-refractivity contribution is -0.179. The number of hydrogen-bond acceptors (Lipinski definition) is 3. The van der Waals surface area contributed by atoms with Crippen LogP contribution in [0.4, 0.5) is 13.2 Å². The number of ether oxygens (including phenoxy) is 2. The maximum absolute atomic E-state index is 13.4. The number of fused-ring (bicyclic) bond motifs is 1. The third-order valence-electron chi connectivity index (χ3n) is 7.88. The molecule has 0 aliphatic carbocycles. The van der Waals surface area contributed by atoms with E-state index in [0.29, 0.717) is 30.4 Å². The molecule has 1 heterocycles. The first-order chi connectivity index (χ1) is 17.1. The first-order valence-corrected chi connectivity index (χ1v) is 14.7. The molecular formula is C30H46BrF3O3. The van der Waals surface area contributed by atoms with Crippen LogP contribution in [0.3, 0.4) is 0 Å². The monoisotopic (exact) mass is 590 g/mol. The van der Waals surface area contributed by atoms with Gasteiger partial charge in [0.15, 0.2) is 0 Å². The van der Waals surface area contributed by atoms with E-state index in [1.54, 1.807) is 0 Å². The Morgan fingerprint density at radius 3 is 2.19 bits per heavy atom. The molecule has 0 aromatic heterocycles. The van der Waals surface area contributed by atoms with Crippen molar-refractivity contribution < 1.29 is 27.4 Å². The maximum Gasteiger partial charge on any atom is 0.391 e. The van der Waals surface area contributed by atoms with Gasteiger partial charge in [-0.15, -0.1) is 0 Å². The quantitative estimate of drug-likeness (QED) is 0.169. The van der Waals surface area contributed by atoms with Gasteiger partial charge in [-0.05, 0) is 92.6 Å². The standard InChI is InChI=1S/C30H46BrF3O3/c1-19(2)11-8-14-24(30(32,33)34)15-9-12-20(3)13-10-17-29(7)18-16-25-21(4)28(36-23(6)35)26(31)22(5)27(25)37-29/h19-20,24H,8-18H2,1-7H3. The van der Waals surface area contributed by atoms with Gasteiger partial charge in [0.25, 0.3) is 0 Å². The second kappa shape index (κ2) is 13.7. The first-order valence-electron chi connectivity index (χ1n) is 13.9. The van der Waals surface area contributed by atoms with Crippen LogP contribution in [0.5, 0.6) is 11.5 Å². The summed E-state index contributed by atoms with van der Waals surface area (Å²) in [5, 5.41) is 0. The Hall–Kier alpha value is -1.24. The SMILES string of the molecule is CC(=O)Oc1c(C)c2c(c(C)c1Br)OC(C)(CCCC(C)CCCC(CCCC(C)C)C(F)(F)F)CC2. The molecule has 3 unspecified atom stereocenters. The van der Waals surface area contributed by atoms with Gasteiger partial charge in [0.05, 0.1) is 10.4 Å². The Balaban J connectivity index is 1.87. The molecule has 0 radical (unpaired) electrons. The topological polar surface area (TPSA) is 35.5 Å².